The van der Waals surface area contributed by atoms with Crippen LogP contribution in [-0.2, 0) is 20.9 Å². The van der Waals surface area contributed by atoms with Crippen LogP contribution in [0.1, 0.15) is 49.5 Å². The summed E-state index contributed by atoms with van der Waals surface area (Å²) in [6.07, 6.45) is 3.47. The average molecular weight is 470 g/mol. The molecule has 0 spiro atoms. The third-order valence-electron chi connectivity index (χ3n) is 5.33. The zero-order chi connectivity index (χ0) is 23.9. The molecule has 33 heavy (non-hydrogen) atoms. The van der Waals surface area contributed by atoms with Crippen LogP contribution in [0, 0.1) is 0 Å². The molecule has 0 saturated heterocycles. The summed E-state index contributed by atoms with van der Waals surface area (Å²) in [7, 11) is 0. The minimum absolute atomic E-state index is 0.0227. The van der Waals surface area contributed by atoms with Gasteiger partial charge in [0.2, 0.25) is 5.91 Å². The van der Waals surface area contributed by atoms with Gasteiger partial charge in [-0.25, -0.2) is 9.50 Å². The van der Waals surface area contributed by atoms with Gasteiger partial charge in [-0.3, -0.25) is 14.4 Å². The standard InChI is InChI=1S/C23H24ClN5O4/c1-23(2,3)33-19(30)7-6-17(20(25)31)28-12-14-10-13(4-5-15(14)22(28)32)16-11-26-29-9-8-18(24)27-21(16)29/h4-5,8-11,17H,6-7,12H2,1-3H3,(H2,25,31)/t17-/m0/s1. The maximum Gasteiger partial charge on any atom is 0.306 e. The predicted octanol–water partition coefficient (Wildman–Crippen LogP) is 2.98. The zero-order valence-electron chi connectivity index (χ0n) is 18.5. The minimum Gasteiger partial charge on any atom is -0.460 e. The van der Waals surface area contributed by atoms with Crippen molar-refractivity contribution < 1.29 is 19.1 Å². The highest BCUT2D eigenvalue weighted by atomic mass is 35.5. The van der Waals surface area contributed by atoms with Crippen LogP contribution in [0.25, 0.3) is 16.8 Å². The molecule has 1 aromatic carbocycles. The van der Waals surface area contributed by atoms with E-state index in [1.165, 1.54) is 4.90 Å². The normalized spacial score (nSPS) is 14.4. The van der Waals surface area contributed by atoms with Gasteiger partial charge in [-0.1, -0.05) is 17.7 Å². The molecule has 10 heteroatoms. The Bertz CT molecular complexity index is 1260. The molecule has 2 amide bonds. The van der Waals surface area contributed by atoms with Crippen LogP contribution < -0.4 is 5.73 Å². The number of esters is 1. The second-order valence-corrected chi connectivity index (χ2v) is 9.31. The summed E-state index contributed by atoms with van der Waals surface area (Å²) >= 11 is 6.04. The van der Waals surface area contributed by atoms with E-state index in [9.17, 15) is 14.4 Å². The molecule has 0 radical (unpaired) electrons. The smallest absolute Gasteiger partial charge is 0.306 e. The lowest BCUT2D eigenvalue weighted by Gasteiger charge is -2.25. The number of hydrogen-bond acceptors (Lipinski definition) is 6. The second kappa shape index (κ2) is 8.47. The van der Waals surface area contributed by atoms with Crippen molar-refractivity contribution in [2.45, 2.75) is 51.8 Å². The first-order valence-corrected chi connectivity index (χ1v) is 10.9. The molecule has 0 fully saturated rings. The van der Waals surface area contributed by atoms with Crippen LogP contribution in [0.5, 0.6) is 0 Å². The number of carbonyl (C=O) groups excluding carboxylic acids is 3. The van der Waals surface area contributed by atoms with Crippen molar-refractivity contribution in [1.29, 1.82) is 0 Å². The van der Waals surface area contributed by atoms with Crippen LogP contribution >= 0.6 is 11.6 Å². The fraction of sp³-hybridized carbons (Fsp3) is 0.348. The minimum atomic E-state index is -0.918. The number of aromatic nitrogens is 3. The first-order valence-electron chi connectivity index (χ1n) is 10.5. The van der Waals surface area contributed by atoms with Crippen molar-refractivity contribution in [2.75, 3.05) is 0 Å². The number of carbonyl (C=O) groups is 3. The fourth-order valence-corrected chi connectivity index (χ4v) is 4.05. The molecule has 172 valence electrons. The van der Waals surface area contributed by atoms with Crippen molar-refractivity contribution >= 4 is 35.0 Å². The lowest BCUT2D eigenvalue weighted by atomic mass is 10.0. The van der Waals surface area contributed by atoms with E-state index in [1.807, 2.05) is 6.07 Å². The highest BCUT2D eigenvalue weighted by Gasteiger charge is 2.36. The Morgan fingerprint density at radius 3 is 2.70 bits per heavy atom. The van der Waals surface area contributed by atoms with Gasteiger partial charge in [-0.15, -0.1) is 0 Å². The third kappa shape index (κ3) is 4.68. The van der Waals surface area contributed by atoms with Crippen molar-refractivity contribution in [3.05, 3.63) is 52.9 Å². The zero-order valence-corrected chi connectivity index (χ0v) is 19.3. The molecule has 3 heterocycles. The van der Waals surface area contributed by atoms with Crippen LogP contribution in [0.15, 0.2) is 36.7 Å². The highest BCUT2D eigenvalue weighted by molar-refractivity contribution is 6.29. The number of benzene rings is 1. The van der Waals surface area contributed by atoms with Crippen molar-refractivity contribution in [2.24, 2.45) is 5.73 Å². The Labute approximate surface area is 195 Å². The Kier molecular flexibility index (Phi) is 5.84. The van der Waals surface area contributed by atoms with Gasteiger partial charge in [0.25, 0.3) is 5.91 Å². The topological polar surface area (TPSA) is 120 Å². The molecule has 1 aliphatic rings. The predicted molar refractivity (Wildman–Crippen MR) is 121 cm³/mol. The molecule has 0 bridgehead atoms. The summed E-state index contributed by atoms with van der Waals surface area (Å²) in [6.45, 7) is 5.50. The van der Waals surface area contributed by atoms with E-state index in [1.54, 1.807) is 55.9 Å². The third-order valence-corrected chi connectivity index (χ3v) is 5.54. The molecule has 4 rings (SSSR count). The SMILES string of the molecule is CC(C)(C)OC(=O)CC[C@@H](C(N)=O)N1Cc2cc(-c3cnn4ccc(Cl)nc34)ccc2C1=O. The maximum atomic E-state index is 13.0. The molecule has 1 atom stereocenters. The van der Waals surface area contributed by atoms with Gasteiger partial charge >= 0.3 is 5.97 Å². The number of ether oxygens (including phenoxy) is 1. The molecule has 2 N–H and O–H groups in total. The number of amides is 2. The van der Waals surface area contributed by atoms with E-state index < -0.39 is 23.5 Å². The van der Waals surface area contributed by atoms with Crippen LogP contribution in [0.2, 0.25) is 5.15 Å². The van der Waals surface area contributed by atoms with Gasteiger partial charge in [-0.2, -0.15) is 5.10 Å². The highest BCUT2D eigenvalue weighted by Crippen LogP contribution is 2.32. The van der Waals surface area contributed by atoms with Crippen molar-refractivity contribution in [1.82, 2.24) is 19.5 Å². The Morgan fingerprint density at radius 1 is 1.24 bits per heavy atom. The van der Waals surface area contributed by atoms with Crippen molar-refractivity contribution in [3.63, 3.8) is 0 Å². The number of nitrogens with two attached hydrogens (primary N) is 1. The van der Waals surface area contributed by atoms with Crippen LogP contribution in [-0.4, -0.2) is 48.9 Å². The lowest BCUT2D eigenvalue weighted by molar-refractivity contribution is -0.155. The molecule has 0 saturated carbocycles. The molecule has 2 aromatic heterocycles. The Balaban J connectivity index is 1.56. The van der Waals surface area contributed by atoms with Crippen LogP contribution in [0.4, 0.5) is 0 Å². The first-order chi connectivity index (χ1) is 15.5. The summed E-state index contributed by atoms with van der Waals surface area (Å²) < 4.78 is 6.92. The first kappa shape index (κ1) is 22.7. The van der Waals surface area contributed by atoms with E-state index in [4.69, 9.17) is 22.1 Å². The van der Waals surface area contributed by atoms with Crippen LogP contribution in [0.3, 0.4) is 0 Å². The number of halogens is 1. The molecule has 3 aromatic rings. The summed E-state index contributed by atoms with van der Waals surface area (Å²) in [5.41, 5.74) is 8.38. The Morgan fingerprint density at radius 2 is 2.00 bits per heavy atom. The number of nitrogens with zero attached hydrogens (tertiary/aromatic N) is 4. The molecule has 1 aliphatic heterocycles. The van der Waals surface area contributed by atoms with E-state index in [2.05, 4.69) is 10.1 Å². The summed E-state index contributed by atoms with van der Waals surface area (Å²) in [5.74, 6) is -1.41. The fourth-order valence-electron chi connectivity index (χ4n) is 3.91. The summed E-state index contributed by atoms with van der Waals surface area (Å²) in [5, 5.41) is 4.64. The monoisotopic (exact) mass is 469 g/mol. The number of primary amides is 1. The molecule has 0 unspecified atom stereocenters. The van der Waals surface area contributed by atoms with Crippen molar-refractivity contribution in [3.8, 4) is 11.1 Å². The van der Waals surface area contributed by atoms with Gasteiger partial charge in [0.1, 0.15) is 16.8 Å². The Hall–Kier alpha value is -3.46. The summed E-state index contributed by atoms with van der Waals surface area (Å²) in [6, 6.07) is 6.12. The molecular weight excluding hydrogens is 446 g/mol. The lowest BCUT2D eigenvalue weighted by Crippen LogP contribution is -2.45. The van der Waals surface area contributed by atoms with Gasteiger partial charge in [0.05, 0.1) is 6.20 Å². The molecule has 0 aliphatic carbocycles. The van der Waals surface area contributed by atoms with E-state index in [-0.39, 0.29) is 25.3 Å². The molecule has 9 nitrogen and oxygen atoms in total. The second-order valence-electron chi connectivity index (χ2n) is 8.92. The van der Waals surface area contributed by atoms with E-state index in [0.29, 0.717) is 16.4 Å². The number of hydrogen-bond donors (Lipinski definition) is 1. The van der Waals surface area contributed by atoms with E-state index in [0.717, 1.165) is 16.7 Å². The van der Waals surface area contributed by atoms with Gasteiger partial charge in [0, 0.05) is 30.3 Å². The van der Waals surface area contributed by atoms with E-state index >= 15 is 0 Å². The summed E-state index contributed by atoms with van der Waals surface area (Å²) in [4.78, 5) is 43.0. The van der Waals surface area contributed by atoms with Gasteiger partial charge in [-0.05, 0) is 56.5 Å². The average Bonchev–Trinajstić information content (AvgIpc) is 3.27. The number of fused-ring (bicyclic) bond motifs is 2. The maximum absolute atomic E-state index is 13.0. The molecular formula is C23H24ClN5O4. The van der Waals surface area contributed by atoms with Gasteiger partial charge in [0.15, 0.2) is 5.65 Å². The number of rotatable bonds is 6. The van der Waals surface area contributed by atoms with Gasteiger partial charge < -0.3 is 15.4 Å². The quantitative estimate of drug-likeness (QED) is 0.437. The largest absolute Gasteiger partial charge is 0.460 e.